The van der Waals surface area contributed by atoms with Gasteiger partial charge in [-0.25, -0.2) is 0 Å². The van der Waals surface area contributed by atoms with Gasteiger partial charge in [-0.05, 0) is 18.5 Å². The highest BCUT2D eigenvalue weighted by Crippen LogP contribution is 2.30. The fourth-order valence-electron chi connectivity index (χ4n) is 4.24. The molecule has 182 valence electrons. The van der Waals surface area contributed by atoms with E-state index in [0.29, 0.717) is 0 Å². The first-order valence-electron chi connectivity index (χ1n) is 13.6. The van der Waals surface area contributed by atoms with Crippen molar-refractivity contribution in [2.75, 3.05) is 6.67 Å². The summed E-state index contributed by atoms with van der Waals surface area (Å²) in [6.07, 6.45) is 28.8. The van der Waals surface area contributed by atoms with Crippen molar-refractivity contribution in [3.63, 3.8) is 0 Å². The summed E-state index contributed by atoms with van der Waals surface area (Å²) in [5, 5.41) is 0. The molecule has 0 aromatic carbocycles. The van der Waals surface area contributed by atoms with Gasteiger partial charge >= 0.3 is 0 Å². The molecule has 0 aromatic rings. The largest absolute Gasteiger partial charge is 0.251 e. The second kappa shape index (κ2) is 24.4. The zero-order valence-corrected chi connectivity index (χ0v) is 22.8. The number of unbranched alkanes of at least 4 members (excludes halogenated alkanes) is 20. The number of halogens is 3. The molecule has 0 unspecified atom stereocenters. The lowest BCUT2D eigenvalue weighted by atomic mass is 10.0. The molecule has 4 heteroatoms. The highest BCUT2D eigenvalue weighted by Gasteiger charge is 2.26. The van der Waals surface area contributed by atoms with Crippen molar-refractivity contribution < 1.29 is 4.39 Å². The van der Waals surface area contributed by atoms with Crippen LogP contribution in [-0.4, -0.2) is 13.4 Å². The van der Waals surface area contributed by atoms with Crippen molar-refractivity contribution in [1.82, 2.24) is 0 Å². The SMILES string of the molecule is CCCCCCCCCCCCCCCC[Si](Cl)(Cl)CCCCCCCCCCF. The molecule has 0 atom stereocenters. The van der Waals surface area contributed by atoms with Crippen molar-refractivity contribution in [2.45, 2.75) is 160 Å². The van der Waals surface area contributed by atoms with E-state index in [0.717, 1.165) is 24.9 Å². The van der Waals surface area contributed by atoms with E-state index in [-0.39, 0.29) is 6.67 Å². The lowest BCUT2D eigenvalue weighted by molar-refractivity contribution is 0.449. The summed E-state index contributed by atoms with van der Waals surface area (Å²) in [5.74, 6) is 0. The van der Waals surface area contributed by atoms with Crippen LogP contribution in [0.4, 0.5) is 4.39 Å². The molecule has 30 heavy (non-hydrogen) atoms. The van der Waals surface area contributed by atoms with E-state index in [9.17, 15) is 4.39 Å². The first-order chi connectivity index (χ1) is 14.6. The van der Waals surface area contributed by atoms with Gasteiger partial charge in [-0.15, -0.1) is 22.2 Å². The summed E-state index contributed by atoms with van der Waals surface area (Å²) in [7, 11) is 0. The predicted octanol–water partition coefficient (Wildman–Crippen LogP) is 11.5. The average Bonchev–Trinajstić information content (AvgIpc) is 2.72. The molecule has 0 nitrogen and oxygen atoms in total. The Balaban J connectivity index is 3.28. The van der Waals surface area contributed by atoms with Crippen LogP contribution in [0.2, 0.25) is 12.1 Å². The Morgan fingerprint density at radius 3 is 1.00 bits per heavy atom. The maximum absolute atomic E-state index is 12.0. The molecule has 0 bridgehead atoms. The summed E-state index contributed by atoms with van der Waals surface area (Å²) in [5.41, 5.74) is 0. The molecule has 0 heterocycles. The van der Waals surface area contributed by atoms with Crippen LogP contribution in [0, 0.1) is 0 Å². The molecule has 0 aromatic heterocycles. The van der Waals surface area contributed by atoms with Crippen LogP contribution in [0.3, 0.4) is 0 Å². The molecule has 0 spiro atoms. The molecule has 0 rings (SSSR count). The minimum Gasteiger partial charge on any atom is -0.251 e. The minimum atomic E-state index is -1.99. The average molecular weight is 484 g/mol. The van der Waals surface area contributed by atoms with Gasteiger partial charge in [-0.3, -0.25) is 4.39 Å². The highest BCUT2D eigenvalue weighted by atomic mass is 35.7. The van der Waals surface area contributed by atoms with E-state index >= 15 is 0 Å². The first kappa shape index (κ1) is 30.7. The number of hydrogen-bond donors (Lipinski definition) is 0. The van der Waals surface area contributed by atoms with Gasteiger partial charge in [0.2, 0.25) is 0 Å². The summed E-state index contributed by atoms with van der Waals surface area (Å²) in [4.78, 5) is 0. The number of hydrogen-bond acceptors (Lipinski definition) is 0. The molecule has 0 amide bonds. The summed E-state index contributed by atoms with van der Waals surface area (Å²) >= 11 is 13.3. The highest BCUT2D eigenvalue weighted by molar-refractivity contribution is 7.45. The molecule has 0 fully saturated rings. The molecular weight excluding hydrogens is 430 g/mol. The van der Waals surface area contributed by atoms with Gasteiger partial charge in [-0.2, -0.15) is 0 Å². The Morgan fingerprint density at radius 1 is 0.433 bits per heavy atom. The lowest BCUT2D eigenvalue weighted by Gasteiger charge is -2.16. The third-order valence-electron chi connectivity index (χ3n) is 6.32. The van der Waals surface area contributed by atoms with Crippen LogP contribution >= 0.6 is 22.2 Å². The first-order valence-corrected chi connectivity index (χ1v) is 18.0. The molecule has 0 aliphatic carbocycles. The Hall–Kier alpha value is 0.727. The van der Waals surface area contributed by atoms with Crippen molar-refractivity contribution in [3.05, 3.63) is 0 Å². The predicted molar refractivity (Wildman–Crippen MR) is 140 cm³/mol. The van der Waals surface area contributed by atoms with Gasteiger partial charge in [0.25, 0.3) is 6.69 Å². The maximum atomic E-state index is 12.0. The van der Waals surface area contributed by atoms with Gasteiger partial charge in [0.1, 0.15) is 0 Å². The van der Waals surface area contributed by atoms with Gasteiger partial charge in [-0.1, -0.05) is 142 Å². The van der Waals surface area contributed by atoms with E-state index in [2.05, 4.69) is 6.92 Å². The molecule has 0 aliphatic heterocycles. The van der Waals surface area contributed by atoms with E-state index in [1.54, 1.807) is 0 Å². The second-order valence-electron chi connectivity index (χ2n) is 9.47. The van der Waals surface area contributed by atoms with Gasteiger partial charge in [0.15, 0.2) is 0 Å². The Kier molecular flexibility index (Phi) is 25.0. The Morgan fingerprint density at radius 2 is 0.700 bits per heavy atom. The van der Waals surface area contributed by atoms with E-state index in [1.807, 2.05) is 0 Å². The standard InChI is InChI=1S/C26H53Cl2FSi/c1-2-3-4-5-6-7-8-9-10-11-13-16-19-22-25-30(27,28)26-23-20-17-14-12-15-18-21-24-29/h2-26H2,1H3. The van der Waals surface area contributed by atoms with E-state index in [4.69, 9.17) is 22.2 Å². The topological polar surface area (TPSA) is 0 Å². The zero-order chi connectivity index (χ0) is 22.2. The van der Waals surface area contributed by atoms with Crippen LogP contribution < -0.4 is 0 Å². The minimum absolute atomic E-state index is 0.155. The van der Waals surface area contributed by atoms with Crippen molar-refractivity contribution in [1.29, 1.82) is 0 Å². The summed E-state index contributed by atoms with van der Waals surface area (Å²) < 4.78 is 12.0. The van der Waals surface area contributed by atoms with E-state index < -0.39 is 6.69 Å². The number of alkyl halides is 1. The van der Waals surface area contributed by atoms with E-state index in [1.165, 1.54) is 128 Å². The van der Waals surface area contributed by atoms with Crippen LogP contribution in [-0.2, 0) is 0 Å². The second-order valence-corrected chi connectivity index (χ2v) is 17.1. The molecule has 0 saturated heterocycles. The lowest BCUT2D eigenvalue weighted by Crippen LogP contribution is -2.18. The van der Waals surface area contributed by atoms with Gasteiger partial charge in [0.05, 0.1) is 6.67 Å². The fourth-order valence-corrected chi connectivity index (χ4v) is 7.63. The molecular formula is C26H53Cl2FSi. The van der Waals surface area contributed by atoms with Gasteiger partial charge in [0, 0.05) is 0 Å². The third-order valence-corrected chi connectivity index (χ3v) is 10.8. The fraction of sp³-hybridized carbons (Fsp3) is 1.00. The zero-order valence-electron chi connectivity index (χ0n) is 20.3. The monoisotopic (exact) mass is 482 g/mol. The number of rotatable bonds is 25. The van der Waals surface area contributed by atoms with Crippen molar-refractivity contribution in [2.24, 2.45) is 0 Å². The maximum Gasteiger partial charge on any atom is 0.251 e. The normalized spacial score (nSPS) is 12.0. The molecule has 0 saturated carbocycles. The quantitative estimate of drug-likeness (QED) is 0.0688. The summed E-state index contributed by atoms with van der Waals surface area (Å²) in [6, 6.07) is 2.15. The summed E-state index contributed by atoms with van der Waals surface area (Å²) in [6.45, 7) is 0.142. The van der Waals surface area contributed by atoms with Crippen LogP contribution in [0.1, 0.15) is 148 Å². The Bertz CT molecular complexity index is 326. The van der Waals surface area contributed by atoms with Crippen molar-refractivity contribution in [3.8, 4) is 0 Å². The third kappa shape index (κ3) is 25.0. The van der Waals surface area contributed by atoms with Crippen LogP contribution in [0.15, 0.2) is 0 Å². The smallest absolute Gasteiger partial charge is 0.251 e. The molecule has 0 aliphatic rings. The molecule has 0 radical (unpaired) electrons. The van der Waals surface area contributed by atoms with Crippen LogP contribution in [0.25, 0.3) is 0 Å². The molecule has 0 N–H and O–H groups in total. The van der Waals surface area contributed by atoms with Crippen LogP contribution in [0.5, 0.6) is 0 Å². The Labute approximate surface area is 199 Å². The van der Waals surface area contributed by atoms with Gasteiger partial charge < -0.3 is 0 Å². The van der Waals surface area contributed by atoms with Crippen molar-refractivity contribution >= 4 is 28.9 Å².